The number of amides is 1. The Morgan fingerprint density at radius 2 is 1.94 bits per heavy atom. The molecule has 6 rings (SSSR count). The second kappa shape index (κ2) is 9.41. The SMILES string of the molecule is COc1ccc(CNC(=O)c2ccc3c(c2)[C@]24CCCCC2[C@H](C3)N(C(C)C2CC2)CC4)c(OC)c1. The molecule has 3 fully saturated rings. The molecule has 2 saturated carbocycles. The van der Waals surface area contributed by atoms with E-state index in [1.807, 2.05) is 24.3 Å². The summed E-state index contributed by atoms with van der Waals surface area (Å²) in [6, 6.07) is 13.7. The van der Waals surface area contributed by atoms with Gasteiger partial charge in [0, 0.05) is 41.2 Å². The number of carbonyl (C=O) groups excluding carboxylic acids is 1. The van der Waals surface area contributed by atoms with Crippen LogP contribution in [0.2, 0.25) is 0 Å². The fourth-order valence-electron chi connectivity index (χ4n) is 7.81. The molecule has 3 aliphatic carbocycles. The van der Waals surface area contributed by atoms with Gasteiger partial charge < -0.3 is 14.8 Å². The van der Waals surface area contributed by atoms with E-state index in [1.165, 1.54) is 62.6 Å². The Hall–Kier alpha value is -2.53. The Bertz CT molecular complexity index is 1140. The molecule has 1 amide bonds. The summed E-state index contributed by atoms with van der Waals surface area (Å²) in [7, 11) is 3.29. The number of nitrogens with zero attached hydrogens (tertiary/aromatic N) is 1. The number of hydrogen-bond acceptors (Lipinski definition) is 4. The van der Waals surface area contributed by atoms with Gasteiger partial charge in [0.15, 0.2) is 0 Å². The molecule has 2 bridgehead atoms. The predicted octanol–water partition coefficient (Wildman–Crippen LogP) is 5.49. The number of methoxy groups -OCH3 is 2. The Balaban J connectivity index is 1.25. The van der Waals surface area contributed by atoms with Crippen LogP contribution in [0, 0.1) is 11.8 Å². The Morgan fingerprint density at radius 1 is 1.08 bits per heavy atom. The molecule has 0 aromatic heterocycles. The van der Waals surface area contributed by atoms with E-state index < -0.39 is 0 Å². The summed E-state index contributed by atoms with van der Waals surface area (Å²) >= 11 is 0. The number of carbonyl (C=O) groups is 1. The van der Waals surface area contributed by atoms with Crippen LogP contribution >= 0.6 is 0 Å². The molecular formula is C31H40N2O3. The van der Waals surface area contributed by atoms with Crippen LogP contribution in [0.25, 0.3) is 0 Å². The van der Waals surface area contributed by atoms with Crippen LogP contribution in [0.1, 0.15) is 78.9 Å². The van der Waals surface area contributed by atoms with Crippen molar-refractivity contribution in [1.82, 2.24) is 10.2 Å². The third-order valence-electron chi connectivity index (χ3n) is 9.90. The molecule has 192 valence electrons. The van der Waals surface area contributed by atoms with Gasteiger partial charge in [0.1, 0.15) is 11.5 Å². The molecule has 0 spiro atoms. The largest absolute Gasteiger partial charge is 0.497 e. The summed E-state index contributed by atoms with van der Waals surface area (Å²) in [5.74, 6) is 3.10. The van der Waals surface area contributed by atoms with Crippen molar-refractivity contribution in [1.29, 1.82) is 0 Å². The van der Waals surface area contributed by atoms with Crippen molar-refractivity contribution >= 4 is 5.91 Å². The van der Waals surface area contributed by atoms with Crippen molar-refractivity contribution in [2.45, 2.75) is 82.3 Å². The number of hydrogen-bond donors (Lipinski definition) is 1. The van der Waals surface area contributed by atoms with Crippen LogP contribution in [-0.4, -0.2) is 43.7 Å². The van der Waals surface area contributed by atoms with Crippen molar-refractivity contribution in [3.8, 4) is 11.5 Å². The highest BCUT2D eigenvalue weighted by Crippen LogP contribution is 2.57. The third-order valence-corrected chi connectivity index (χ3v) is 9.90. The first kappa shape index (κ1) is 23.8. The van der Waals surface area contributed by atoms with Crippen LogP contribution in [0.15, 0.2) is 36.4 Å². The van der Waals surface area contributed by atoms with Crippen molar-refractivity contribution in [2.24, 2.45) is 11.8 Å². The zero-order valence-corrected chi connectivity index (χ0v) is 22.0. The van der Waals surface area contributed by atoms with Crippen molar-refractivity contribution in [2.75, 3.05) is 20.8 Å². The fraction of sp³-hybridized carbons (Fsp3) is 0.581. The highest BCUT2D eigenvalue weighted by molar-refractivity contribution is 5.94. The van der Waals surface area contributed by atoms with E-state index in [0.717, 1.165) is 46.9 Å². The molecule has 36 heavy (non-hydrogen) atoms. The van der Waals surface area contributed by atoms with Crippen molar-refractivity contribution in [3.63, 3.8) is 0 Å². The maximum Gasteiger partial charge on any atom is 0.251 e. The second-order valence-corrected chi connectivity index (χ2v) is 11.6. The van der Waals surface area contributed by atoms with Gasteiger partial charge in [-0.15, -0.1) is 0 Å². The van der Waals surface area contributed by atoms with Gasteiger partial charge in [0.25, 0.3) is 5.91 Å². The lowest BCUT2D eigenvalue weighted by atomic mass is 9.52. The summed E-state index contributed by atoms with van der Waals surface area (Å²) in [4.78, 5) is 16.2. The first-order chi connectivity index (χ1) is 17.5. The van der Waals surface area contributed by atoms with Crippen LogP contribution in [0.3, 0.4) is 0 Å². The number of benzene rings is 2. The maximum atomic E-state index is 13.3. The van der Waals surface area contributed by atoms with Crippen LogP contribution in [0.5, 0.6) is 11.5 Å². The maximum absolute atomic E-state index is 13.3. The summed E-state index contributed by atoms with van der Waals surface area (Å²) in [5.41, 5.74) is 4.95. The zero-order valence-electron chi connectivity index (χ0n) is 22.0. The lowest BCUT2D eigenvalue weighted by Crippen LogP contribution is -2.63. The molecule has 1 N–H and O–H groups in total. The number of fused-ring (bicyclic) bond motifs is 1. The number of likely N-dealkylation sites (tertiary alicyclic amines) is 1. The topological polar surface area (TPSA) is 50.8 Å². The van der Waals surface area contributed by atoms with E-state index in [2.05, 4.69) is 29.3 Å². The first-order valence-corrected chi connectivity index (χ1v) is 13.9. The molecule has 1 saturated heterocycles. The number of ether oxygens (including phenoxy) is 2. The molecule has 1 heterocycles. The smallest absolute Gasteiger partial charge is 0.251 e. The summed E-state index contributed by atoms with van der Waals surface area (Å²) in [6.07, 6.45) is 10.5. The number of nitrogens with one attached hydrogen (secondary N) is 1. The average molecular weight is 489 g/mol. The van der Waals surface area contributed by atoms with E-state index in [0.29, 0.717) is 12.6 Å². The van der Waals surface area contributed by atoms with Gasteiger partial charge in [0.05, 0.1) is 14.2 Å². The fourth-order valence-corrected chi connectivity index (χ4v) is 7.81. The van der Waals surface area contributed by atoms with Crippen LogP contribution in [-0.2, 0) is 18.4 Å². The van der Waals surface area contributed by atoms with Gasteiger partial charge >= 0.3 is 0 Å². The van der Waals surface area contributed by atoms with Crippen LogP contribution < -0.4 is 14.8 Å². The lowest BCUT2D eigenvalue weighted by molar-refractivity contribution is -0.0343. The molecular weight excluding hydrogens is 448 g/mol. The van der Waals surface area contributed by atoms with Crippen molar-refractivity contribution < 1.29 is 14.3 Å². The molecule has 2 unspecified atom stereocenters. The normalized spacial score (nSPS) is 28.0. The molecule has 0 radical (unpaired) electrons. The first-order valence-electron chi connectivity index (χ1n) is 13.9. The lowest BCUT2D eigenvalue weighted by Gasteiger charge is -2.60. The standard InChI is InChI=1S/C31H40N2O3/c1-20(21-7-8-21)33-15-14-31-13-5-4-6-26(31)28(33)17-22-9-10-23(16-27(22)31)30(34)32-19-24-11-12-25(35-2)18-29(24)36-3/h9-12,16,18,20-21,26,28H,4-8,13-15,17,19H2,1-3H3,(H,32,34)/t20?,26?,28-,31-/m0/s1. The minimum Gasteiger partial charge on any atom is -0.497 e. The Kier molecular flexibility index (Phi) is 6.23. The quantitative estimate of drug-likeness (QED) is 0.560. The minimum atomic E-state index is -0.0126. The van der Waals surface area contributed by atoms with Gasteiger partial charge in [-0.2, -0.15) is 0 Å². The minimum absolute atomic E-state index is 0.0126. The number of piperidine rings is 1. The predicted molar refractivity (Wildman–Crippen MR) is 142 cm³/mol. The highest BCUT2D eigenvalue weighted by Gasteiger charge is 2.55. The molecule has 2 aromatic carbocycles. The highest BCUT2D eigenvalue weighted by atomic mass is 16.5. The monoisotopic (exact) mass is 488 g/mol. The van der Waals surface area contributed by atoms with E-state index in [9.17, 15) is 4.79 Å². The van der Waals surface area contributed by atoms with E-state index in [-0.39, 0.29) is 11.3 Å². The molecule has 4 aliphatic rings. The van der Waals surface area contributed by atoms with Crippen LogP contribution in [0.4, 0.5) is 0 Å². The van der Waals surface area contributed by atoms with E-state index >= 15 is 0 Å². The molecule has 2 aromatic rings. The summed E-state index contributed by atoms with van der Waals surface area (Å²) in [5, 5.41) is 3.13. The second-order valence-electron chi connectivity index (χ2n) is 11.6. The average Bonchev–Trinajstić information content (AvgIpc) is 3.77. The summed E-state index contributed by atoms with van der Waals surface area (Å²) < 4.78 is 10.8. The Labute approximate surface area is 215 Å². The molecule has 4 atom stereocenters. The van der Waals surface area contributed by atoms with Gasteiger partial charge in [-0.25, -0.2) is 0 Å². The molecule has 1 aliphatic heterocycles. The zero-order chi connectivity index (χ0) is 24.9. The van der Waals surface area contributed by atoms with Gasteiger partial charge in [-0.1, -0.05) is 18.9 Å². The number of rotatable bonds is 7. The molecule has 5 nitrogen and oxygen atoms in total. The van der Waals surface area contributed by atoms with E-state index in [1.54, 1.807) is 14.2 Å². The van der Waals surface area contributed by atoms with Gasteiger partial charge in [-0.05, 0) is 99.2 Å². The third kappa shape index (κ3) is 4.00. The molecule has 5 heteroatoms. The summed E-state index contributed by atoms with van der Waals surface area (Å²) in [6.45, 7) is 4.12. The Morgan fingerprint density at radius 3 is 2.72 bits per heavy atom. The van der Waals surface area contributed by atoms with Crippen molar-refractivity contribution in [3.05, 3.63) is 58.7 Å². The van der Waals surface area contributed by atoms with Gasteiger partial charge in [0.2, 0.25) is 0 Å². The van der Waals surface area contributed by atoms with E-state index in [4.69, 9.17) is 9.47 Å². The van der Waals surface area contributed by atoms with Gasteiger partial charge in [-0.3, -0.25) is 9.69 Å².